The van der Waals surface area contributed by atoms with Crippen LogP contribution >= 0.6 is 0 Å². The number of Topliss-reactive ketones (excluding diaryl/α,β-unsaturated/α-hetero) is 1. The van der Waals surface area contributed by atoms with Crippen LogP contribution in [0.3, 0.4) is 0 Å². The van der Waals surface area contributed by atoms with Gasteiger partial charge >= 0.3 is 0 Å². The van der Waals surface area contributed by atoms with Crippen molar-refractivity contribution in [3.05, 3.63) is 83.2 Å². The van der Waals surface area contributed by atoms with E-state index in [0.717, 1.165) is 16.7 Å². The summed E-state index contributed by atoms with van der Waals surface area (Å²) in [7, 11) is -1.89. The van der Waals surface area contributed by atoms with E-state index in [1.165, 1.54) is 17.3 Å². The van der Waals surface area contributed by atoms with Crippen LogP contribution < -0.4 is 0 Å². The van der Waals surface area contributed by atoms with Crippen LogP contribution in [0.25, 0.3) is 0 Å². The predicted molar refractivity (Wildman–Crippen MR) is 106 cm³/mol. The van der Waals surface area contributed by atoms with Gasteiger partial charge in [-0.05, 0) is 35.7 Å². The summed E-state index contributed by atoms with van der Waals surface area (Å²) < 4.78 is 29.9. The van der Waals surface area contributed by atoms with Gasteiger partial charge in [-0.15, -0.1) is 0 Å². The molecule has 1 atom stereocenters. The second-order valence-electron chi connectivity index (χ2n) is 7.08. The van der Waals surface area contributed by atoms with Crippen LogP contribution in [0.15, 0.2) is 65.8 Å². The molecule has 0 N–H and O–H groups in total. The molecule has 0 radical (unpaired) electrons. The Kier molecular flexibility index (Phi) is 4.64. The average molecular weight is 395 g/mol. The van der Waals surface area contributed by atoms with Crippen LogP contribution in [-0.2, 0) is 23.6 Å². The van der Waals surface area contributed by atoms with Crippen molar-refractivity contribution in [2.45, 2.75) is 24.3 Å². The highest BCUT2D eigenvalue weighted by Crippen LogP contribution is 2.35. The summed E-state index contributed by atoms with van der Waals surface area (Å²) in [4.78, 5) is 11.8. The molecule has 2 heterocycles. The molecule has 0 spiro atoms. The second kappa shape index (κ2) is 7.00. The van der Waals surface area contributed by atoms with Gasteiger partial charge in [0.05, 0.1) is 11.1 Å². The molecule has 0 fully saturated rings. The van der Waals surface area contributed by atoms with Crippen LogP contribution in [0.5, 0.6) is 0 Å². The van der Waals surface area contributed by atoms with Gasteiger partial charge < -0.3 is 0 Å². The maximum Gasteiger partial charge on any atom is 0.243 e. The van der Waals surface area contributed by atoms with Crippen LogP contribution in [-0.4, -0.2) is 34.8 Å². The lowest BCUT2D eigenvalue weighted by Crippen LogP contribution is -2.38. The van der Waals surface area contributed by atoms with Gasteiger partial charge in [0.2, 0.25) is 10.0 Å². The number of fused-ring (bicyclic) bond motifs is 1. The monoisotopic (exact) mass is 395 g/mol. The highest BCUT2D eigenvalue weighted by molar-refractivity contribution is 7.89. The minimum Gasteiger partial charge on any atom is -0.295 e. The summed E-state index contributed by atoms with van der Waals surface area (Å²) in [5, 5.41) is 4.25. The first-order chi connectivity index (χ1) is 13.4. The molecule has 144 valence electrons. The number of ketones is 1. The quantitative estimate of drug-likeness (QED) is 0.637. The van der Waals surface area contributed by atoms with Crippen molar-refractivity contribution in [3.8, 4) is 0 Å². The van der Waals surface area contributed by atoms with E-state index in [1.54, 1.807) is 29.1 Å². The number of sulfonamides is 1. The summed E-state index contributed by atoms with van der Waals surface area (Å²) in [5.74, 6) is -0.251. The SMILES string of the molecule is CC(=O)c1cccc(S(=O)(=O)N2Cc3ccccc3[C@@H](c3cnn(C)c3)C2)c1. The molecule has 4 rings (SSSR count). The van der Waals surface area contributed by atoms with Crippen LogP contribution in [0.2, 0.25) is 0 Å². The fourth-order valence-corrected chi connectivity index (χ4v) is 5.17. The maximum absolute atomic E-state index is 13.3. The van der Waals surface area contributed by atoms with Crippen molar-refractivity contribution >= 4 is 15.8 Å². The third kappa shape index (κ3) is 3.27. The minimum absolute atomic E-state index is 0.0931. The van der Waals surface area contributed by atoms with E-state index >= 15 is 0 Å². The summed E-state index contributed by atoms with van der Waals surface area (Å²) in [5.41, 5.74) is 3.47. The third-order valence-corrected chi connectivity index (χ3v) is 6.98. The van der Waals surface area contributed by atoms with Gasteiger partial charge in [-0.1, -0.05) is 36.4 Å². The molecule has 0 saturated heterocycles. The smallest absolute Gasteiger partial charge is 0.243 e. The summed E-state index contributed by atoms with van der Waals surface area (Å²) in [6, 6.07) is 14.2. The van der Waals surface area contributed by atoms with E-state index in [-0.39, 0.29) is 16.6 Å². The third-order valence-electron chi connectivity index (χ3n) is 5.17. The standard InChI is InChI=1S/C21H21N3O3S/c1-15(25)16-7-5-8-19(10-16)28(26,27)24-13-17-6-3-4-9-20(17)21(14-24)18-11-22-23(2)12-18/h3-12,21H,13-14H2,1-2H3/t21-/m1/s1. The highest BCUT2D eigenvalue weighted by atomic mass is 32.2. The molecule has 1 aromatic heterocycles. The number of hydrogen-bond donors (Lipinski definition) is 0. The first-order valence-electron chi connectivity index (χ1n) is 9.04. The summed E-state index contributed by atoms with van der Waals surface area (Å²) >= 11 is 0. The van der Waals surface area contributed by atoms with Gasteiger partial charge in [0.15, 0.2) is 5.78 Å². The zero-order valence-corrected chi connectivity index (χ0v) is 16.6. The number of benzene rings is 2. The van der Waals surface area contributed by atoms with Crippen molar-refractivity contribution in [3.63, 3.8) is 0 Å². The van der Waals surface area contributed by atoms with Crippen molar-refractivity contribution in [1.82, 2.24) is 14.1 Å². The topological polar surface area (TPSA) is 72.3 Å². The zero-order valence-electron chi connectivity index (χ0n) is 15.7. The fourth-order valence-electron chi connectivity index (χ4n) is 3.69. The Bertz CT molecular complexity index is 1150. The van der Waals surface area contributed by atoms with Gasteiger partial charge in [-0.2, -0.15) is 9.40 Å². The molecule has 0 aliphatic carbocycles. The molecule has 6 nitrogen and oxygen atoms in total. The second-order valence-corrected chi connectivity index (χ2v) is 9.02. The van der Waals surface area contributed by atoms with Crippen molar-refractivity contribution in [2.24, 2.45) is 7.05 Å². The normalized spacial score (nSPS) is 17.3. The van der Waals surface area contributed by atoms with Crippen molar-refractivity contribution in [2.75, 3.05) is 6.54 Å². The zero-order chi connectivity index (χ0) is 19.9. The van der Waals surface area contributed by atoms with E-state index in [2.05, 4.69) is 5.10 Å². The number of aromatic nitrogens is 2. The molecule has 0 amide bonds. The molecule has 3 aromatic rings. The van der Waals surface area contributed by atoms with Crippen molar-refractivity contribution < 1.29 is 13.2 Å². The lowest BCUT2D eigenvalue weighted by Gasteiger charge is -2.33. The Labute approximate surface area is 164 Å². The highest BCUT2D eigenvalue weighted by Gasteiger charge is 2.34. The number of rotatable bonds is 4. The number of nitrogens with zero attached hydrogens (tertiary/aromatic N) is 3. The lowest BCUT2D eigenvalue weighted by atomic mass is 9.87. The number of aryl methyl sites for hydroxylation is 1. The van der Waals surface area contributed by atoms with Gasteiger partial charge in [0.25, 0.3) is 0 Å². The van der Waals surface area contributed by atoms with Crippen LogP contribution in [0.1, 0.15) is 39.9 Å². The van der Waals surface area contributed by atoms with E-state index in [9.17, 15) is 13.2 Å². The average Bonchev–Trinajstić information content (AvgIpc) is 3.13. The molecule has 7 heteroatoms. The van der Waals surface area contributed by atoms with Gasteiger partial charge in [0.1, 0.15) is 0 Å². The number of carbonyl (C=O) groups is 1. The summed E-state index contributed by atoms with van der Waals surface area (Å²) in [6.07, 6.45) is 3.71. The molecular weight excluding hydrogens is 374 g/mol. The van der Waals surface area contributed by atoms with E-state index < -0.39 is 10.0 Å². The molecule has 0 bridgehead atoms. The molecular formula is C21H21N3O3S. The molecule has 28 heavy (non-hydrogen) atoms. The Hall–Kier alpha value is -2.77. The Morgan fingerprint density at radius 1 is 1.14 bits per heavy atom. The minimum atomic E-state index is -3.74. The largest absolute Gasteiger partial charge is 0.295 e. The van der Waals surface area contributed by atoms with Gasteiger partial charge in [-0.25, -0.2) is 8.42 Å². The Balaban J connectivity index is 1.76. The maximum atomic E-state index is 13.3. The van der Waals surface area contributed by atoms with Crippen molar-refractivity contribution in [1.29, 1.82) is 0 Å². The van der Waals surface area contributed by atoms with E-state index in [4.69, 9.17) is 0 Å². The Morgan fingerprint density at radius 2 is 1.93 bits per heavy atom. The molecule has 0 unspecified atom stereocenters. The van der Waals surface area contributed by atoms with Gasteiger partial charge in [0, 0.05) is 37.8 Å². The molecule has 1 aliphatic rings. The van der Waals surface area contributed by atoms with Gasteiger partial charge in [-0.3, -0.25) is 9.48 Å². The first-order valence-corrected chi connectivity index (χ1v) is 10.5. The Morgan fingerprint density at radius 3 is 2.64 bits per heavy atom. The predicted octanol–water partition coefficient (Wildman–Crippen LogP) is 2.96. The number of hydrogen-bond acceptors (Lipinski definition) is 4. The molecule has 2 aromatic carbocycles. The van der Waals surface area contributed by atoms with E-state index in [0.29, 0.717) is 18.7 Å². The molecule has 1 aliphatic heterocycles. The lowest BCUT2D eigenvalue weighted by molar-refractivity contribution is 0.101. The van der Waals surface area contributed by atoms with Crippen LogP contribution in [0, 0.1) is 0 Å². The van der Waals surface area contributed by atoms with E-state index in [1.807, 2.05) is 37.5 Å². The fraction of sp³-hybridized carbons (Fsp3) is 0.238. The molecule has 0 saturated carbocycles. The summed E-state index contributed by atoms with van der Waals surface area (Å²) in [6.45, 7) is 2.07. The first kappa shape index (κ1) is 18.6. The number of carbonyl (C=O) groups excluding carboxylic acids is 1. The van der Waals surface area contributed by atoms with Crippen LogP contribution in [0.4, 0.5) is 0 Å².